The van der Waals surface area contributed by atoms with E-state index in [0.29, 0.717) is 12.2 Å². The third-order valence-electron chi connectivity index (χ3n) is 3.10. The Morgan fingerprint density at radius 2 is 1.95 bits per heavy atom. The van der Waals surface area contributed by atoms with Crippen molar-refractivity contribution >= 4 is 17.5 Å². The van der Waals surface area contributed by atoms with E-state index in [4.69, 9.17) is 0 Å². The number of imidazole rings is 1. The fourth-order valence-electron chi connectivity index (χ4n) is 2.17. The van der Waals surface area contributed by atoms with Crippen LogP contribution < -0.4 is 11.0 Å². The number of anilines is 1. The van der Waals surface area contributed by atoms with Crippen LogP contribution in [0.4, 0.5) is 5.69 Å². The molecule has 20 heavy (non-hydrogen) atoms. The molecule has 2 aromatic rings. The molecular formula is C13H12N4O3. The maximum atomic E-state index is 12.3. The molecular weight excluding hydrogens is 260 g/mol. The molecule has 0 atom stereocenters. The number of H-pyrrole nitrogens is 2. The van der Waals surface area contributed by atoms with Crippen molar-refractivity contribution in [3.05, 3.63) is 52.2 Å². The van der Waals surface area contributed by atoms with E-state index in [9.17, 15) is 14.4 Å². The zero-order chi connectivity index (χ0) is 14.1. The number of hydrogen-bond acceptors (Lipinski definition) is 3. The molecule has 0 fully saturated rings. The first-order valence-electron chi connectivity index (χ1n) is 6.08. The van der Waals surface area contributed by atoms with Gasteiger partial charge in [-0.2, -0.15) is 0 Å². The van der Waals surface area contributed by atoms with Crippen LogP contribution in [0.25, 0.3) is 0 Å². The number of nitrogens with zero attached hydrogens (tertiary/aromatic N) is 1. The lowest BCUT2D eigenvalue weighted by molar-refractivity contribution is -0.116. The molecule has 0 saturated heterocycles. The largest absolute Gasteiger partial charge is 0.324 e. The lowest BCUT2D eigenvalue weighted by atomic mass is 10.1. The highest BCUT2D eigenvalue weighted by atomic mass is 16.2. The van der Waals surface area contributed by atoms with Crippen molar-refractivity contribution in [1.82, 2.24) is 14.9 Å². The van der Waals surface area contributed by atoms with Crippen LogP contribution in [0.3, 0.4) is 0 Å². The van der Waals surface area contributed by atoms with Crippen molar-refractivity contribution in [2.45, 2.75) is 6.54 Å². The summed E-state index contributed by atoms with van der Waals surface area (Å²) < 4.78 is 0. The van der Waals surface area contributed by atoms with Crippen molar-refractivity contribution in [3.63, 3.8) is 0 Å². The van der Waals surface area contributed by atoms with Gasteiger partial charge in [0.05, 0.1) is 0 Å². The molecule has 0 bridgehead atoms. The summed E-state index contributed by atoms with van der Waals surface area (Å²) in [4.78, 5) is 41.3. The predicted octanol–water partition coefficient (Wildman–Crippen LogP) is 0.297. The number of carbonyl (C=O) groups is 2. The van der Waals surface area contributed by atoms with E-state index in [1.165, 1.54) is 11.1 Å². The predicted molar refractivity (Wildman–Crippen MR) is 71.2 cm³/mol. The summed E-state index contributed by atoms with van der Waals surface area (Å²) >= 11 is 0. The molecule has 0 radical (unpaired) electrons. The lowest BCUT2D eigenvalue weighted by Gasteiger charge is -2.18. The Morgan fingerprint density at radius 1 is 1.15 bits per heavy atom. The molecule has 2 heterocycles. The van der Waals surface area contributed by atoms with Crippen LogP contribution in [0.15, 0.2) is 35.3 Å². The summed E-state index contributed by atoms with van der Waals surface area (Å²) in [5.41, 5.74) is 1.25. The van der Waals surface area contributed by atoms with Crippen molar-refractivity contribution in [2.24, 2.45) is 0 Å². The molecule has 1 aliphatic heterocycles. The van der Waals surface area contributed by atoms with Crippen LogP contribution in [-0.2, 0) is 11.3 Å². The van der Waals surface area contributed by atoms with Gasteiger partial charge in [-0.05, 0) is 11.6 Å². The number of aromatic nitrogens is 2. The molecule has 0 spiro atoms. The summed E-state index contributed by atoms with van der Waals surface area (Å²) in [5.74, 6) is -0.656. The molecule has 0 unspecified atom stereocenters. The van der Waals surface area contributed by atoms with Crippen molar-refractivity contribution in [2.75, 3.05) is 11.9 Å². The smallest absolute Gasteiger partial charge is 0.323 e. The molecule has 3 rings (SSSR count). The lowest BCUT2D eigenvalue weighted by Crippen LogP contribution is -2.35. The van der Waals surface area contributed by atoms with Gasteiger partial charge >= 0.3 is 5.69 Å². The molecule has 3 N–H and O–H groups in total. The van der Waals surface area contributed by atoms with Gasteiger partial charge in [-0.1, -0.05) is 18.2 Å². The summed E-state index contributed by atoms with van der Waals surface area (Å²) in [6.07, 6.45) is 1.30. The third-order valence-corrected chi connectivity index (χ3v) is 3.10. The number of nitrogens with one attached hydrogen (secondary N) is 3. The highest BCUT2D eigenvalue weighted by molar-refractivity contribution is 5.99. The van der Waals surface area contributed by atoms with Gasteiger partial charge in [0.25, 0.3) is 5.91 Å². The summed E-state index contributed by atoms with van der Waals surface area (Å²) in [7, 11) is 0. The molecule has 7 heteroatoms. The molecule has 102 valence electrons. The quantitative estimate of drug-likeness (QED) is 0.696. The van der Waals surface area contributed by atoms with E-state index in [1.54, 1.807) is 6.07 Å². The molecule has 1 aliphatic rings. The fraction of sp³-hybridized carbons (Fsp3) is 0.154. The van der Waals surface area contributed by atoms with Crippen LogP contribution >= 0.6 is 0 Å². The minimum absolute atomic E-state index is 0.0548. The number of rotatable bonds is 1. The first-order chi connectivity index (χ1) is 9.63. The van der Waals surface area contributed by atoms with Gasteiger partial charge in [0, 0.05) is 18.4 Å². The van der Waals surface area contributed by atoms with E-state index in [0.717, 1.165) is 5.56 Å². The second kappa shape index (κ2) is 4.69. The van der Waals surface area contributed by atoms with Gasteiger partial charge in [-0.15, -0.1) is 0 Å². The standard InChI is InChI=1S/C13H12N4O3/c18-11-7-17(12(19)10-5-14-13(20)16-10)6-8-3-1-2-4-9(8)15-11/h1-5H,6-7H2,(H,15,18)(H2,14,16,20). The van der Waals surface area contributed by atoms with E-state index >= 15 is 0 Å². The van der Waals surface area contributed by atoms with Crippen LogP contribution in [0, 0.1) is 0 Å². The van der Waals surface area contributed by atoms with Crippen LogP contribution in [0.1, 0.15) is 16.1 Å². The van der Waals surface area contributed by atoms with E-state index in [-0.39, 0.29) is 18.1 Å². The van der Waals surface area contributed by atoms with Crippen molar-refractivity contribution in [3.8, 4) is 0 Å². The topological polar surface area (TPSA) is 98.1 Å². The maximum absolute atomic E-state index is 12.3. The fourth-order valence-corrected chi connectivity index (χ4v) is 2.17. The highest BCUT2D eigenvalue weighted by Gasteiger charge is 2.24. The number of para-hydroxylation sites is 1. The molecule has 2 amide bonds. The number of amides is 2. The van der Waals surface area contributed by atoms with Crippen LogP contribution in [0.5, 0.6) is 0 Å². The van der Waals surface area contributed by atoms with Gasteiger partial charge in [-0.25, -0.2) is 4.79 Å². The number of aromatic amines is 2. The SMILES string of the molecule is O=C1CN(C(=O)c2c[nH]c(=O)[nH]2)Cc2ccccc2N1. The average molecular weight is 272 g/mol. The maximum Gasteiger partial charge on any atom is 0.323 e. The first-order valence-corrected chi connectivity index (χ1v) is 6.08. The number of carbonyl (C=O) groups excluding carboxylic acids is 2. The Kier molecular flexibility index (Phi) is 2.86. The zero-order valence-corrected chi connectivity index (χ0v) is 10.5. The number of benzene rings is 1. The molecule has 1 aromatic carbocycles. The van der Waals surface area contributed by atoms with Crippen LogP contribution in [-0.4, -0.2) is 33.2 Å². The minimum atomic E-state index is -0.451. The van der Waals surface area contributed by atoms with Gasteiger partial charge < -0.3 is 20.2 Å². The number of fused-ring (bicyclic) bond motifs is 1. The van der Waals surface area contributed by atoms with Crippen molar-refractivity contribution < 1.29 is 9.59 Å². The van der Waals surface area contributed by atoms with Gasteiger partial charge in [0.2, 0.25) is 5.91 Å². The molecule has 0 saturated carbocycles. The molecule has 0 aliphatic carbocycles. The van der Waals surface area contributed by atoms with Crippen LogP contribution in [0.2, 0.25) is 0 Å². The third kappa shape index (κ3) is 2.20. The molecule has 7 nitrogen and oxygen atoms in total. The Hall–Kier alpha value is -2.83. The van der Waals surface area contributed by atoms with Gasteiger partial charge in [0.15, 0.2) is 0 Å². The van der Waals surface area contributed by atoms with Gasteiger partial charge in [-0.3, -0.25) is 9.59 Å². The van der Waals surface area contributed by atoms with Crippen molar-refractivity contribution in [1.29, 1.82) is 0 Å². The average Bonchev–Trinajstić information content (AvgIpc) is 2.77. The molecule has 1 aromatic heterocycles. The normalized spacial score (nSPS) is 14.4. The Labute approximate surface area is 113 Å². The highest BCUT2D eigenvalue weighted by Crippen LogP contribution is 2.20. The van der Waals surface area contributed by atoms with E-state index in [2.05, 4.69) is 15.3 Å². The summed E-state index contributed by atoms with van der Waals surface area (Å²) in [5, 5.41) is 2.75. The van der Waals surface area contributed by atoms with E-state index < -0.39 is 11.6 Å². The Balaban J connectivity index is 1.93. The zero-order valence-electron chi connectivity index (χ0n) is 10.5. The monoisotopic (exact) mass is 272 g/mol. The minimum Gasteiger partial charge on any atom is -0.324 e. The first kappa shape index (κ1) is 12.2. The Morgan fingerprint density at radius 3 is 2.70 bits per heavy atom. The summed E-state index contributed by atoms with van der Waals surface area (Å²) in [6, 6.07) is 7.30. The van der Waals surface area contributed by atoms with Gasteiger partial charge in [0.1, 0.15) is 12.2 Å². The number of hydrogen-bond donors (Lipinski definition) is 3. The Bertz CT molecular complexity index is 731. The second-order valence-corrected chi connectivity index (χ2v) is 4.52. The van der Waals surface area contributed by atoms with E-state index in [1.807, 2.05) is 18.2 Å². The second-order valence-electron chi connectivity index (χ2n) is 4.52. The summed E-state index contributed by atoms with van der Waals surface area (Å²) in [6.45, 7) is 0.252.